The van der Waals surface area contributed by atoms with Crippen LogP contribution in [0, 0.1) is 6.92 Å². The molecule has 0 spiro atoms. The van der Waals surface area contributed by atoms with Gasteiger partial charge in [-0.25, -0.2) is 4.79 Å². The number of hydrogen-bond acceptors (Lipinski definition) is 4. The molecular weight excluding hydrogens is 292 g/mol. The molecule has 2 unspecified atom stereocenters. The van der Waals surface area contributed by atoms with Crippen molar-refractivity contribution in [1.29, 1.82) is 0 Å². The molecule has 2 amide bonds. The van der Waals surface area contributed by atoms with Gasteiger partial charge in [0, 0.05) is 28.8 Å². The molecule has 0 radical (unpaired) electrons. The predicted molar refractivity (Wildman–Crippen MR) is 81.6 cm³/mol. The van der Waals surface area contributed by atoms with Crippen molar-refractivity contribution in [3.8, 4) is 0 Å². The molecule has 1 aromatic heterocycles. The summed E-state index contributed by atoms with van der Waals surface area (Å²) in [5.74, 6) is -1.11. The van der Waals surface area contributed by atoms with Gasteiger partial charge in [0.2, 0.25) is 0 Å². The Morgan fingerprint density at radius 2 is 2.10 bits per heavy atom. The highest BCUT2D eigenvalue weighted by Gasteiger charge is 2.25. The minimum absolute atomic E-state index is 0.0486. The van der Waals surface area contributed by atoms with Gasteiger partial charge in [0.05, 0.1) is 12.0 Å². The molecule has 118 valence electrons. The molecular formula is C14H22N2O4S. The third-order valence-electron chi connectivity index (χ3n) is 2.84. The largest absolute Gasteiger partial charge is 0.481 e. The van der Waals surface area contributed by atoms with E-state index in [4.69, 9.17) is 5.11 Å². The zero-order valence-corrected chi connectivity index (χ0v) is 13.3. The first-order valence-corrected chi connectivity index (χ1v) is 7.53. The lowest BCUT2D eigenvalue weighted by Gasteiger charge is -2.22. The van der Waals surface area contributed by atoms with Gasteiger partial charge in [-0.3, -0.25) is 4.79 Å². The van der Waals surface area contributed by atoms with Crippen LogP contribution in [0.3, 0.4) is 0 Å². The highest BCUT2D eigenvalue weighted by atomic mass is 32.1. The van der Waals surface area contributed by atoms with Crippen molar-refractivity contribution in [2.24, 2.45) is 0 Å². The predicted octanol–water partition coefficient (Wildman–Crippen LogP) is 1.51. The van der Waals surface area contributed by atoms with Crippen molar-refractivity contribution in [2.45, 2.75) is 45.3 Å². The van der Waals surface area contributed by atoms with Gasteiger partial charge < -0.3 is 20.8 Å². The zero-order valence-electron chi connectivity index (χ0n) is 12.5. The maximum absolute atomic E-state index is 11.7. The first-order valence-electron chi connectivity index (χ1n) is 6.72. The topological polar surface area (TPSA) is 98.7 Å². The van der Waals surface area contributed by atoms with E-state index < -0.39 is 24.0 Å². The highest BCUT2D eigenvalue weighted by Crippen LogP contribution is 2.16. The van der Waals surface area contributed by atoms with Gasteiger partial charge in [0.15, 0.2) is 0 Å². The number of aliphatic hydroxyl groups is 1. The first-order chi connectivity index (χ1) is 9.68. The summed E-state index contributed by atoms with van der Waals surface area (Å²) in [6.07, 6.45) is 0.314. The number of aliphatic carboxylic acids is 1. The Bertz CT molecular complexity index is 499. The van der Waals surface area contributed by atoms with Crippen LogP contribution in [0.15, 0.2) is 12.1 Å². The van der Waals surface area contributed by atoms with Crippen molar-refractivity contribution in [2.75, 3.05) is 6.54 Å². The van der Waals surface area contributed by atoms with Crippen LogP contribution in [0.1, 0.15) is 30.0 Å². The molecule has 0 saturated heterocycles. The first kappa shape index (κ1) is 17.5. The number of amides is 2. The molecule has 1 heterocycles. The lowest BCUT2D eigenvalue weighted by Crippen LogP contribution is -2.48. The average Bonchev–Trinajstić information content (AvgIpc) is 2.70. The van der Waals surface area contributed by atoms with Gasteiger partial charge in [-0.1, -0.05) is 0 Å². The molecule has 0 aliphatic carbocycles. The Labute approximate surface area is 128 Å². The fourth-order valence-electron chi connectivity index (χ4n) is 1.88. The normalized spacial score (nSPS) is 15.0. The number of nitrogens with one attached hydrogen (secondary N) is 2. The maximum Gasteiger partial charge on any atom is 0.315 e. The maximum atomic E-state index is 11.7. The van der Waals surface area contributed by atoms with Crippen LogP contribution in [-0.2, 0) is 11.2 Å². The summed E-state index contributed by atoms with van der Waals surface area (Å²) in [6, 6.07) is 3.61. The second-order valence-electron chi connectivity index (χ2n) is 5.51. The summed E-state index contributed by atoms with van der Waals surface area (Å²) < 4.78 is 0. The molecule has 6 nitrogen and oxygen atoms in total. The van der Waals surface area contributed by atoms with Crippen LogP contribution in [0.4, 0.5) is 4.79 Å². The molecule has 0 aromatic carbocycles. The van der Waals surface area contributed by atoms with Crippen LogP contribution in [0.5, 0.6) is 0 Å². The van der Waals surface area contributed by atoms with Gasteiger partial charge in [-0.05, 0) is 32.9 Å². The van der Waals surface area contributed by atoms with E-state index in [2.05, 4.69) is 10.6 Å². The summed E-state index contributed by atoms with van der Waals surface area (Å²) in [5.41, 5.74) is -1.46. The summed E-state index contributed by atoms with van der Waals surface area (Å²) in [5, 5.41) is 23.7. The van der Waals surface area contributed by atoms with Crippen molar-refractivity contribution < 1.29 is 19.8 Å². The summed E-state index contributed by atoms with van der Waals surface area (Å²) in [6.45, 7) is 5.18. The van der Waals surface area contributed by atoms with Crippen LogP contribution < -0.4 is 10.6 Å². The number of thiophene rings is 1. The van der Waals surface area contributed by atoms with Crippen LogP contribution in [-0.4, -0.2) is 40.4 Å². The quantitative estimate of drug-likeness (QED) is 0.613. The van der Waals surface area contributed by atoms with E-state index in [1.807, 2.05) is 26.0 Å². The highest BCUT2D eigenvalue weighted by molar-refractivity contribution is 7.11. The number of carbonyl (C=O) groups excluding carboxylic acids is 1. The van der Waals surface area contributed by atoms with Gasteiger partial charge in [-0.15, -0.1) is 11.3 Å². The van der Waals surface area contributed by atoms with Gasteiger partial charge in [0.1, 0.15) is 0 Å². The van der Waals surface area contributed by atoms with Crippen molar-refractivity contribution >= 4 is 23.3 Å². The Morgan fingerprint density at radius 1 is 1.43 bits per heavy atom. The molecule has 0 fully saturated rings. The fourth-order valence-corrected chi connectivity index (χ4v) is 2.90. The monoisotopic (exact) mass is 314 g/mol. The SMILES string of the molecule is Cc1ccc(CC(C)NC(=O)NCC(C)(O)CC(=O)O)s1. The number of aryl methyl sites for hydroxylation is 1. The molecule has 1 rings (SSSR count). The van der Waals surface area contributed by atoms with E-state index in [-0.39, 0.29) is 12.6 Å². The smallest absolute Gasteiger partial charge is 0.315 e. The minimum Gasteiger partial charge on any atom is -0.481 e. The molecule has 0 bridgehead atoms. The molecule has 4 N–H and O–H groups in total. The Kier molecular flexibility index (Phi) is 6.17. The Morgan fingerprint density at radius 3 is 2.62 bits per heavy atom. The van der Waals surface area contributed by atoms with Gasteiger partial charge >= 0.3 is 12.0 Å². The number of carboxylic acid groups (broad SMARTS) is 1. The number of carboxylic acids is 1. The van der Waals surface area contributed by atoms with Gasteiger partial charge in [-0.2, -0.15) is 0 Å². The Balaban J connectivity index is 2.34. The fraction of sp³-hybridized carbons (Fsp3) is 0.571. The number of carbonyl (C=O) groups is 2. The molecule has 7 heteroatoms. The molecule has 0 saturated carbocycles. The minimum atomic E-state index is -1.46. The van der Waals surface area contributed by atoms with Crippen molar-refractivity contribution in [3.05, 3.63) is 21.9 Å². The number of urea groups is 1. The number of rotatable bonds is 7. The molecule has 0 aliphatic heterocycles. The van der Waals surface area contributed by atoms with Crippen molar-refractivity contribution in [1.82, 2.24) is 10.6 Å². The van der Waals surface area contributed by atoms with E-state index in [1.165, 1.54) is 16.7 Å². The summed E-state index contributed by atoms with van der Waals surface area (Å²) >= 11 is 1.69. The Hall–Kier alpha value is -1.60. The van der Waals surface area contributed by atoms with Crippen LogP contribution in [0.2, 0.25) is 0 Å². The lowest BCUT2D eigenvalue weighted by molar-refractivity contribution is -0.141. The van der Waals surface area contributed by atoms with E-state index in [0.29, 0.717) is 0 Å². The standard InChI is InChI=1S/C14H22N2O4S/c1-9(6-11-5-4-10(2)21-11)16-13(19)15-8-14(3,20)7-12(17)18/h4-5,9,20H,6-8H2,1-3H3,(H,17,18)(H2,15,16,19). The lowest BCUT2D eigenvalue weighted by atomic mass is 10.0. The van der Waals surface area contributed by atoms with E-state index >= 15 is 0 Å². The second-order valence-corrected chi connectivity index (χ2v) is 6.88. The molecule has 21 heavy (non-hydrogen) atoms. The summed E-state index contributed by atoms with van der Waals surface area (Å²) in [7, 11) is 0. The van der Waals surface area contributed by atoms with Crippen molar-refractivity contribution in [3.63, 3.8) is 0 Å². The second kappa shape index (κ2) is 7.42. The van der Waals surface area contributed by atoms with Crippen LogP contribution >= 0.6 is 11.3 Å². The van der Waals surface area contributed by atoms with Crippen LogP contribution in [0.25, 0.3) is 0 Å². The van der Waals surface area contributed by atoms with Gasteiger partial charge in [0.25, 0.3) is 0 Å². The summed E-state index contributed by atoms with van der Waals surface area (Å²) in [4.78, 5) is 24.7. The zero-order chi connectivity index (χ0) is 16.0. The molecule has 0 aliphatic rings. The van der Waals surface area contributed by atoms with E-state index in [0.717, 1.165) is 6.42 Å². The van der Waals surface area contributed by atoms with E-state index in [9.17, 15) is 14.7 Å². The molecule has 1 aromatic rings. The molecule has 2 atom stereocenters. The third kappa shape index (κ3) is 7.10. The number of hydrogen-bond donors (Lipinski definition) is 4. The van der Waals surface area contributed by atoms with E-state index in [1.54, 1.807) is 11.3 Å². The average molecular weight is 314 g/mol. The third-order valence-corrected chi connectivity index (χ3v) is 3.87.